The number of rotatable bonds is 3. The smallest absolute Gasteiger partial charge is 0.463 e. The van der Waals surface area contributed by atoms with E-state index in [1.807, 2.05) is 30.3 Å². The molecule has 76 valence electrons. The van der Waals surface area contributed by atoms with Crippen molar-refractivity contribution in [2.24, 2.45) is 0 Å². The van der Waals surface area contributed by atoms with Gasteiger partial charge in [0, 0.05) is 6.08 Å². The van der Waals surface area contributed by atoms with Gasteiger partial charge in [0.05, 0.1) is 7.11 Å². The lowest BCUT2D eigenvalue weighted by atomic mass is 10.2. The summed E-state index contributed by atoms with van der Waals surface area (Å²) >= 11 is 0. The van der Waals surface area contributed by atoms with Crippen molar-refractivity contribution in [3.8, 4) is 0 Å². The Bertz CT molecular complexity index is 416. The molecule has 4 nitrogen and oxygen atoms in total. The summed E-state index contributed by atoms with van der Waals surface area (Å²) < 4.78 is 4.52. The van der Waals surface area contributed by atoms with Crippen LogP contribution in [0.15, 0.2) is 48.1 Å². The number of aliphatic hydroxyl groups is 1. The highest BCUT2D eigenvalue weighted by Gasteiger charge is 2.15. The SMILES string of the molecule is CO/C(O)=C(/C=C\c1ccccc1)[N+]#N. The molecule has 0 bridgehead atoms. The largest absolute Gasteiger partial charge is 0.475 e. The minimum Gasteiger partial charge on any atom is -0.475 e. The van der Waals surface area contributed by atoms with Gasteiger partial charge in [-0.1, -0.05) is 30.3 Å². The van der Waals surface area contributed by atoms with Gasteiger partial charge in [-0.3, -0.25) is 0 Å². The van der Waals surface area contributed by atoms with Crippen LogP contribution in [0, 0.1) is 5.39 Å². The molecule has 0 aromatic heterocycles. The quantitative estimate of drug-likeness (QED) is 0.466. The normalized spacial score (nSPS) is 12.0. The van der Waals surface area contributed by atoms with Crippen molar-refractivity contribution < 1.29 is 9.84 Å². The van der Waals surface area contributed by atoms with E-state index in [0.29, 0.717) is 0 Å². The van der Waals surface area contributed by atoms with Crippen LogP contribution in [0.3, 0.4) is 0 Å². The molecule has 0 fully saturated rings. The molecule has 1 aromatic rings. The third kappa shape index (κ3) is 3.16. The Balaban J connectivity index is 2.87. The van der Waals surface area contributed by atoms with E-state index in [2.05, 4.69) is 9.71 Å². The van der Waals surface area contributed by atoms with E-state index in [9.17, 15) is 0 Å². The molecule has 0 heterocycles. The summed E-state index contributed by atoms with van der Waals surface area (Å²) in [6.07, 6.45) is 3.15. The molecule has 0 amide bonds. The molecular weight excluding hydrogens is 192 g/mol. The molecule has 0 saturated carbocycles. The molecule has 4 heteroatoms. The van der Waals surface area contributed by atoms with Crippen LogP contribution in [-0.4, -0.2) is 12.2 Å². The first-order chi connectivity index (χ1) is 7.27. The van der Waals surface area contributed by atoms with Crippen LogP contribution in [-0.2, 0) is 4.74 Å². The summed E-state index contributed by atoms with van der Waals surface area (Å²) in [5, 5.41) is 17.7. The second-order valence-electron chi connectivity index (χ2n) is 2.74. The number of diazo groups is 1. The van der Waals surface area contributed by atoms with Crippen LogP contribution in [0.2, 0.25) is 0 Å². The first kappa shape index (κ1) is 10.8. The second-order valence-corrected chi connectivity index (χ2v) is 2.74. The van der Waals surface area contributed by atoms with Crippen molar-refractivity contribution in [1.82, 2.24) is 0 Å². The van der Waals surface area contributed by atoms with Gasteiger partial charge in [0.2, 0.25) is 5.39 Å². The van der Waals surface area contributed by atoms with Crippen molar-refractivity contribution in [3.05, 3.63) is 58.6 Å². The fourth-order valence-electron chi connectivity index (χ4n) is 0.991. The van der Waals surface area contributed by atoms with E-state index in [-0.39, 0.29) is 5.70 Å². The number of methoxy groups -OCH3 is 1. The number of hydrogen-bond donors (Lipinski definition) is 1. The average Bonchev–Trinajstić information content (AvgIpc) is 2.31. The molecule has 0 radical (unpaired) electrons. The maximum atomic E-state index is 9.15. The van der Waals surface area contributed by atoms with Crippen molar-refractivity contribution in [2.45, 2.75) is 0 Å². The first-order valence-electron chi connectivity index (χ1n) is 4.33. The van der Waals surface area contributed by atoms with Crippen LogP contribution in [0.4, 0.5) is 0 Å². The van der Waals surface area contributed by atoms with Crippen molar-refractivity contribution in [2.75, 3.05) is 7.11 Å². The van der Waals surface area contributed by atoms with Crippen LogP contribution in [0.5, 0.6) is 0 Å². The highest BCUT2D eigenvalue weighted by atomic mass is 16.6. The third-order valence-electron chi connectivity index (χ3n) is 1.75. The Morgan fingerprint density at radius 2 is 2.07 bits per heavy atom. The van der Waals surface area contributed by atoms with Crippen LogP contribution >= 0.6 is 0 Å². The predicted octanol–water partition coefficient (Wildman–Crippen LogP) is 2.93. The summed E-state index contributed by atoms with van der Waals surface area (Å²) in [5.41, 5.74) is 0.906. The van der Waals surface area contributed by atoms with E-state index >= 15 is 0 Å². The van der Waals surface area contributed by atoms with Gasteiger partial charge in [-0.2, -0.15) is 0 Å². The maximum absolute atomic E-state index is 9.15. The Kier molecular flexibility index (Phi) is 3.92. The molecule has 0 aliphatic rings. The highest BCUT2D eigenvalue weighted by Crippen LogP contribution is 2.09. The first-order valence-corrected chi connectivity index (χ1v) is 4.33. The number of allylic oxidation sites excluding steroid dienone is 1. The fourth-order valence-corrected chi connectivity index (χ4v) is 0.991. The topological polar surface area (TPSA) is 57.6 Å². The van der Waals surface area contributed by atoms with Gasteiger partial charge >= 0.3 is 11.6 Å². The number of hydrogen-bond acceptors (Lipinski definition) is 3. The molecule has 1 aromatic carbocycles. The summed E-state index contributed by atoms with van der Waals surface area (Å²) in [5.74, 6) is -0.426. The minimum atomic E-state index is -0.426. The Morgan fingerprint density at radius 3 is 2.60 bits per heavy atom. The summed E-state index contributed by atoms with van der Waals surface area (Å²) in [6, 6.07) is 9.44. The fraction of sp³-hybridized carbons (Fsp3) is 0.0909. The van der Waals surface area contributed by atoms with Gasteiger partial charge in [0.1, 0.15) is 0 Å². The van der Waals surface area contributed by atoms with Gasteiger partial charge in [0.15, 0.2) is 4.98 Å². The van der Waals surface area contributed by atoms with Gasteiger partial charge in [-0.05, 0) is 11.6 Å². The van der Waals surface area contributed by atoms with Gasteiger partial charge in [-0.25, -0.2) is 0 Å². The Hall–Kier alpha value is -2.28. The van der Waals surface area contributed by atoms with E-state index < -0.39 is 5.95 Å². The second kappa shape index (κ2) is 5.45. The molecule has 0 spiro atoms. The van der Waals surface area contributed by atoms with Crippen LogP contribution < -0.4 is 0 Å². The van der Waals surface area contributed by atoms with Gasteiger partial charge < -0.3 is 9.84 Å². The van der Waals surface area contributed by atoms with Gasteiger partial charge in [-0.15, -0.1) is 0 Å². The Labute approximate surface area is 87.7 Å². The van der Waals surface area contributed by atoms with Crippen molar-refractivity contribution >= 4 is 6.08 Å². The minimum absolute atomic E-state index is 0.0265. The number of ether oxygens (including phenoxy) is 1. The number of nitrogens with zero attached hydrogens (tertiary/aromatic N) is 2. The zero-order chi connectivity index (χ0) is 11.1. The van der Waals surface area contributed by atoms with E-state index in [1.165, 1.54) is 13.2 Å². The molecule has 0 atom stereocenters. The molecule has 1 N–H and O–H groups in total. The lowest BCUT2D eigenvalue weighted by Gasteiger charge is -1.90. The highest BCUT2D eigenvalue weighted by molar-refractivity contribution is 5.53. The predicted molar refractivity (Wildman–Crippen MR) is 57.2 cm³/mol. The molecule has 0 aliphatic carbocycles. The lowest BCUT2D eigenvalue weighted by Crippen LogP contribution is -1.87. The zero-order valence-electron chi connectivity index (χ0n) is 8.29. The standard InChI is InChI=1S/C11H10N2O2/c1-15-11(14)10(13-12)8-7-9-5-3-2-4-6-9/h2-8H,1H3/p+1/b8-7-,11-10-. The molecule has 1 rings (SSSR count). The van der Waals surface area contributed by atoms with Gasteiger partial charge in [0.25, 0.3) is 0 Å². The maximum Gasteiger partial charge on any atom is 0.463 e. The van der Waals surface area contributed by atoms with Crippen LogP contribution in [0.1, 0.15) is 5.56 Å². The zero-order valence-corrected chi connectivity index (χ0v) is 8.29. The summed E-state index contributed by atoms with van der Waals surface area (Å²) in [7, 11) is 1.29. The van der Waals surface area contributed by atoms with E-state index in [4.69, 9.17) is 10.5 Å². The number of aliphatic hydroxyl groups excluding tert-OH is 1. The van der Waals surface area contributed by atoms with E-state index in [1.54, 1.807) is 6.08 Å². The monoisotopic (exact) mass is 203 g/mol. The summed E-state index contributed by atoms with van der Waals surface area (Å²) in [4.78, 5) is 2.89. The number of benzene rings is 1. The molecule has 0 aliphatic heterocycles. The van der Waals surface area contributed by atoms with Crippen molar-refractivity contribution in [3.63, 3.8) is 0 Å². The van der Waals surface area contributed by atoms with E-state index in [0.717, 1.165) is 5.56 Å². The third-order valence-corrected chi connectivity index (χ3v) is 1.75. The Morgan fingerprint density at radius 1 is 1.40 bits per heavy atom. The lowest BCUT2D eigenvalue weighted by molar-refractivity contribution is 0.133. The molecule has 15 heavy (non-hydrogen) atoms. The average molecular weight is 203 g/mol. The molecular formula is C11H11N2O2+. The molecule has 0 unspecified atom stereocenters. The molecule has 0 saturated heterocycles. The summed E-state index contributed by atoms with van der Waals surface area (Å²) in [6.45, 7) is 0. The van der Waals surface area contributed by atoms with Crippen molar-refractivity contribution in [1.29, 1.82) is 5.39 Å². The van der Waals surface area contributed by atoms with Crippen LogP contribution in [0.25, 0.3) is 11.1 Å².